The normalized spacial score (nSPS) is 14.3. The number of nitrogens with one attached hydrogen (secondary N) is 1. The van der Waals surface area contributed by atoms with Gasteiger partial charge in [0.25, 0.3) is 0 Å². The number of ether oxygens (including phenoxy) is 1. The fraction of sp³-hybridized carbons (Fsp3) is 0.217. The van der Waals surface area contributed by atoms with Crippen LogP contribution >= 0.6 is 0 Å². The van der Waals surface area contributed by atoms with Crippen molar-refractivity contribution in [3.05, 3.63) is 72.3 Å². The van der Waals surface area contributed by atoms with Crippen molar-refractivity contribution in [3.8, 4) is 11.4 Å². The zero-order valence-corrected chi connectivity index (χ0v) is 16.7. The number of hydrogen-bond donors (Lipinski definition) is 1. The van der Waals surface area contributed by atoms with Gasteiger partial charge in [0.2, 0.25) is 5.95 Å². The van der Waals surface area contributed by atoms with E-state index in [0.717, 1.165) is 49.0 Å². The molecule has 0 unspecified atom stereocenters. The number of nitrogens with zero attached hydrogens (tertiary/aromatic N) is 4. The van der Waals surface area contributed by atoms with Crippen LogP contribution in [0.5, 0.6) is 0 Å². The molecule has 0 atom stereocenters. The molecule has 1 aliphatic heterocycles. The van der Waals surface area contributed by atoms with E-state index in [9.17, 15) is 4.39 Å². The van der Waals surface area contributed by atoms with E-state index in [1.807, 2.05) is 41.8 Å². The average Bonchev–Trinajstić information content (AvgIpc) is 3.12. The maximum absolute atomic E-state index is 13.8. The van der Waals surface area contributed by atoms with Gasteiger partial charge in [0.1, 0.15) is 17.2 Å². The highest BCUT2D eigenvalue weighted by atomic mass is 19.1. The molecule has 0 bridgehead atoms. The molecule has 7 heteroatoms. The molecule has 0 saturated carbocycles. The highest BCUT2D eigenvalue weighted by Gasteiger charge is 2.17. The topological polar surface area (TPSA) is 54.7 Å². The van der Waals surface area contributed by atoms with Gasteiger partial charge in [-0.25, -0.2) is 9.97 Å². The molecule has 3 aromatic heterocycles. The van der Waals surface area contributed by atoms with Crippen molar-refractivity contribution in [2.75, 3.05) is 36.5 Å². The van der Waals surface area contributed by atoms with Gasteiger partial charge < -0.3 is 15.0 Å². The molecule has 0 radical (unpaired) electrons. The van der Waals surface area contributed by atoms with Crippen molar-refractivity contribution in [2.24, 2.45) is 0 Å². The summed E-state index contributed by atoms with van der Waals surface area (Å²) in [7, 11) is 0. The van der Waals surface area contributed by atoms with Crippen molar-refractivity contribution in [2.45, 2.75) is 6.92 Å². The number of aromatic nitrogens is 3. The molecule has 1 saturated heterocycles. The Morgan fingerprint density at radius 3 is 2.57 bits per heavy atom. The molecule has 152 valence electrons. The summed E-state index contributed by atoms with van der Waals surface area (Å²) in [5.41, 5.74) is 5.08. The Morgan fingerprint density at radius 2 is 1.80 bits per heavy atom. The number of pyridine rings is 2. The first kappa shape index (κ1) is 18.6. The lowest BCUT2D eigenvalue weighted by Crippen LogP contribution is -2.36. The van der Waals surface area contributed by atoms with E-state index in [2.05, 4.69) is 27.3 Å². The molecule has 6 nitrogen and oxygen atoms in total. The minimum absolute atomic E-state index is 0.490. The summed E-state index contributed by atoms with van der Waals surface area (Å²) in [6, 6.07) is 17.0. The molecule has 1 N–H and O–H groups in total. The molecular weight excluding hydrogens is 381 g/mol. The lowest BCUT2D eigenvalue weighted by Gasteiger charge is -2.28. The number of morpholine rings is 1. The predicted molar refractivity (Wildman–Crippen MR) is 116 cm³/mol. The molecule has 5 rings (SSSR count). The van der Waals surface area contributed by atoms with Crippen LogP contribution in [0.15, 0.2) is 60.8 Å². The second-order valence-electron chi connectivity index (χ2n) is 7.36. The van der Waals surface area contributed by atoms with Gasteiger partial charge in [-0.05, 0) is 61.0 Å². The van der Waals surface area contributed by atoms with E-state index in [4.69, 9.17) is 9.72 Å². The van der Waals surface area contributed by atoms with Crippen LogP contribution in [-0.2, 0) is 4.74 Å². The minimum Gasteiger partial charge on any atom is -0.378 e. The molecule has 0 spiro atoms. The molecule has 30 heavy (non-hydrogen) atoms. The van der Waals surface area contributed by atoms with Crippen LogP contribution < -0.4 is 10.2 Å². The number of fused-ring (bicyclic) bond motifs is 1. The van der Waals surface area contributed by atoms with Gasteiger partial charge in [-0.3, -0.25) is 4.40 Å². The van der Waals surface area contributed by atoms with Gasteiger partial charge in [0.15, 0.2) is 0 Å². The first-order chi connectivity index (χ1) is 14.7. The Labute approximate surface area is 174 Å². The average molecular weight is 403 g/mol. The Hall–Kier alpha value is -3.45. The van der Waals surface area contributed by atoms with Gasteiger partial charge in [-0.1, -0.05) is 6.07 Å². The van der Waals surface area contributed by atoms with Crippen molar-refractivity contribution in [1.82, 2.24) is 14.4 Å². The van der Waals surface area contributed by atoms with E-state index < -0.39 is 5.95 Å². The summed E-state index contributed by atoms with van der Waals surface area (Å²) in [6.45, 7) is 5.33. The van der Waals surface area contributed by atoms with Gasteiger partial charge in [0.05, 0.1) is 18.9 Å². The minimum atomic E-state index is -0.526. The third-order valence-corrected chi connectivity index (χ3v) is 5.25. The maximum atomic E-state index is 13.8. The smallest absolute Gasteiger partial charge is 0.213 e. The van der Waals surface area contributed by atoms with Gasteiger partial charge in [0, 0.05) is 30.7 Å². The van der Waals surface area contributed by atoms with Crippen molar-refractivity contribution in [3.63, 3.8) is 0 Å². The summed E-state index contributed by atoms with van der Waals surface area (Å²) >= 11 is 0. The van der Waals surface area contributed by atoms with Gasteiger partial charge in [-0.2, -0.15) is 4.39 Å². The zero-order valence-electron chi connectivity index (χ0n) is 16.7. The maximum Gasteiger partial charge on any atom is 0.213 e. The molecule has 0 aliphatic carbocycles. The summed E-state index contributed by atoms with van der Waals surface area (Å²) in [6.07, 6.45) is 1.96. The van der Waals surface area contributed by atoms with Crippen LogP contribution in [0, 0.1) is 12.9 Å². The number of imidazole rings is 1. The van der Waals surface area contributed by atoms with E-state index in [-0.39, 0.29) is 0 Å². The molecule has 1 aromatic carbocycles. The number of benzene rings is 1. The summed E-state index contributed by atoms with van der Waals surface area (Å²) in [4.78, 5) is 11.1. The third-order valence-electron chi connectivity index (χ3n) is 5.25. The Bertz CT molecular complexity index is 1180. The first-order valence-electron chi connectivity index (χ1n) is 9.99. The van der Waals surface area contributed by atoms with E-state index in [1.54, 1.807) is 12.1 Å². The van der Waals surface area contributed by atoms with Crippen LogP contribution in [0.3, 0.4) is 0 Å². The number of anilines is 3. The molecule has 0 amide bonds. The van der Waals surface area contributed by atoms with Crippen molar-refractivity contribution >= 4 is 22.8 Å². The van der Waals surface area contributed by atoms with Gasteiger partial charge >= 0.3 is 0 Å². The van der Waals surface area contributed by atoms with Crippen LogP contribution in [0.25, 0.3) is 17.0 Å². The first-order valence-corrected chi connectivity index (χ1v) is 9.99. The Kier molecular flexibility index (Phi) is 4.80. The number of hydrogen-bond acceptors (Lipinski definition) is 5. The predicted octanol–water partition coefficient (Wildman–Crippen LogP) is 4.42. The third kappa shape index (κ3) is 3.59. The van der Waals surface area contributed by atoms with Gasteiger partial charge in [-0.15, -0.1) is 0 Å². The lowest BCUT2D eigenvalue weighted by atomic mass is 10.2. The lowest BCUT2D eigenvalue weighted by molar-refractivity contribution is 0.122. The van der Waals surface area contributed by atoms with Crippen molar-refractivity contribution in [1.29, 1.82) is 0 Å². The SMILES string of the molecule is Cc1ccn2c(Nc3ccc(N4CCOCC4)cc3)c(-c3cccc(F)n3)nc2c1. The second kappa shape index (κ2) is 7.76. The summed E-state index contributed by atoms with van der Waals surface area (Å²) in [5.74, 6) is 0.226. The monoisotopic (exact) mass is 403 g/mol. The zero-order chi connectivity index (χ0) is 20.5. The van der Waals surface area contributed by atoms with Crippen LogP contribution in [0.4, 0.5) is 21.6 Å². The summed E-state index contributed by atoms with van der Waals surface area (Å²) in [5, 5.41) is 3.46. The van der Waals surface area contributed by atoms with Crippen LogP contribution in [0.1, 0.15) is 5.56 Å². The second-order valence-corrected chi connectivity index (χ2v) is 7.36. The van der Waals surface area contributed by atoms with E-state index in [1.165, 1.54) is 11.8 Å². The fourth-order valence-electron chi connectivity index (χ4n) is 3.70. The molecule has 1 aliphatic rings. The largest absolute Gasteiger partial charge is 0.378 e. The molecule has 4 aromatic rings. The Morgan fingerprint density at radius 1 is 1.00 bits per heavy atom. The fourth-order valence-corrected chi connectivity index (χ4v) is 3.70. The Balaban J connectivity index is 1.52. The van der Waals surface area contributed by atoms with E-state index in [0.29, 0.717) is 11.4 Å². The van der Waals surface area contributed by atoms with Crippen molar-refractivity contribution < 1.29 is 9.13 Å². The number of rotatable bonds is 4. The van der Waals surface area contributed by atoms with Crippen LogP contribution in [0.2, 0.25) is 0 Å². The highest BCUT2D eigenvalue weighted by molar-refractivity contribution is 5.78. The summed E-state index contributed by atoms with van der Waals surface area (Å²) < 4.78 is 21.2. The molecular formula is C23H22FN5O. The molecule has 1 fully saturated rings. The number of halogens is 1. The number of aryl methyl sites for hydroxylation is 1. The standard InChI is InChI=1S/C23H22FN5O/c1-16-9-10-29-21(15-16)27-22(19-3-2-4-20(24)26-19)23(29)25-17-5-7-18(8-6-17)28-11-13-30-14-12-28/h2-10,15,25H,11-14H2,1H3. The quantitative estimate of drug-likeness (QED) is 0.511. The molecule has 4 heterocycles. The van der Waals surface area contributed by atoms with E-state index >= 15 is 0 Å². The van der Waals surface area contributed by atoms with Crippen LogP contribution in [-0.4, -0.2) is 40.7 Å². The highest BCUT2D eigenvalue weighted by Crippen LogP contribution is 2.31.